The molecule has 0 aliphatic carbocycles. The molecule has 2 heterocycles. The molecule has 2 aromatic heterocycles. The Morgan fingerprint density at radius 3 is 2.77 bits per heavy atom. The Bertz CT molecular complexity index is 704. The zero-order chi connectivity index (χ0) is 15.2. The van der Waals surface area contributed by atoms with Crippen LogP contribution in [-0.4, -0.2) is 26.2 Å². The maximum absolute atomic E-state index is 8.83. The van der Waals surface area contributed by atoms with Crippen molar-refractivity contribution in [3.63, 3.8) is 0 Å². The van der Waals surface area contributed by atoms with E-state index in [0.717, 1.165) is 42.9 Å². The second kappa shape index (κ2) is 7.04. The van der Waals surface area contributed by atoms with E-state index in [-0.39, 0.29) is 6.61 Å². The van der Waals surface area contributed by atoms with Crippen LogP contribution in [0.25, 0.3) is 23.0 Å². The van der Waals surface area contributed by atoms with Gasteiger partial charge in [-0.2, -0.15) is 0 Å². The first kappa shape index (κ1) is 14.5. The van der Waals surface area contributed by atoms with Gasteiger partial charge >= 0.3 is 0 Å². The van der Waals surface area contributed by atoms with Crippen LogP contribution in [0.5, 0.6) is 0 Å². The number of aliphatic hydroxyl groups is 1. The van der Waals surface area contributed by atoms with Crippen LogP contribution >= 0.6 is 0 Å². The maximum atomic E-state index is 8.83. The number of aliphatic hydroxyl groups excluding tert-OH is 1. The highest BCUT2D eigenvalue weighted by Gasteiger charge is 2.12. The number of rotatable bonds is 7. The monoisotopic (exact) mass is 297 g/mol. The number of unbranched alkanes of at least 4 members (excludes halogenated alkanes) is 2. The fraction of sp³-hybridized carbons (Fsp3) is 0.294. The van der Waals surface area contributed by atoms with Crippen molar-refractivity contribution in [1.82, 2.24) is 14.5 Å². The minimum absolute atomic E-state index is 0.251. The molecule has 114 valence electrons. The molecule has 1 N–H and O–H groups in total. The summed E-state index contributed by atoms with van der Waals surface area (Å²) in [6.45, 7) is 1.11. The van der Waals surface area contributed by atoms with Crippen LogP contribution in [0.15, 0.2) is 53.4 Å². The molecule has 0 bridgehead atoms. The molecule has 0 saturated heterocycles. The molecule has 3 rings (SSSR count). The van der Waals surface area contributed by atoms with Crippen LogP contribution in [0.1, 0.15) is 19.3 Å². The fourth-order valence-electron chi connectivity index (χ4n) is 2.38. The Labute approximate surface area is 129 Å². The van der Waals surface area contributed by atoms with Crippen molar-refractivity contribution in [3.8, 4) is 23.0 Å². The number of aromatic nitrogens is 3. The van der Waals surface area contributed by atoms with Gasteiger partial charge in [0.05, 0.1) is 0 Å². The van der Waals surface area contributed by atoms with Crippen LogP contribution in [0.2, 0.25) is 0 Å². The molecule has 22 heavy (non-hydrogen) atoms. The fourth-order valence-corrected chi connectivity index (χ4v) is 2.38. The van der Waals surface area contributed by atoms with E-state index in [1.807, 2.05) is 36.5 Å². The number of imidazole rings is 1. The van der Waals surface area contributed by atoms with Crippen molar-refractivity contribution in [1.29, 1.82) is 0 Å². The van der Waals surface area contributed by atoms with E-state index in [0.29, 0.717) is 5.89 Å². The molecule has 0 amide bonds. The molecule has 0 saturated carbocycles. The lowest BCUT2D eigenvalue weighted by atomic mass is 10.2. The summed E-state index contributed by atoms with van der Waals surface area (Å²) >= 11 is 0. The van der Waals surface area contributed by atoms with Gasteiger partial charge in [0, 0.05) is 31.1 Å². The summed E-state index contributed by atoms with van der Waals surface area (Å²) in [6, 6.07) is 9.82. The zero-order valence-corrected chi connectivity index (χ0v) is 12.4. The Kier molecular flexibility index (Phi) is 4.65. The topological polar surface area (TPSA) is 64.1 Å². The quantitative estimate of drug-likeness (QED) is 0.679. The number of hydrogen-bond acceptors (Lipinski definition) is 4. The highest BCUT2D eigenvalue weighted by atomic mass is 16.3. The van der Waals surface area contributed by atoms with Gasteiger partial charge in [-0.3, -0.25) is 0 Å². The summed E-state index contributed by atoms with van der Waals surface area (Å²) < 4.78 is 7.65. The molecule has 0 radical (unpaired) electrons. The highest BCUT2D eigenvalue weighted by molar-refractivity contribution is 5.58. The first-order chi connectivity index (χ1) is 10.9. The van der Waals surface area contributed by atoms with Crippen molar-refractivity contribution in [3.05, 3.63) is 49.0 Å². The van der Waals surface area contributed by atoms with Crippen molar-refractivity contribution < 1.29 is 9.52 Å². The van der Waals surface area contributed by atoms with Crippen LogP contribution in [0.3, 0.4) is 0 Å². The molecule has 0 spiro atoms. The van der Waals surface area contributed by atoms with Gasteiger partial charge in [0.2, 0.25) is 5.89 Å². The van der Waals surface area contributed by atoms with E-state index >= 15 is 0 Å². The van der Waals surface area contributed by atoms with E-state index in [4.69, 9.17) is 9.52 Å². The lowest BCUT2D eigenvalue weighted by Crippen LogP contribution is -2.00. The second-order valence-corrected chi connectivity index (χ2v) is 5.13. The predicted octanol–water partition coefficient (Wildman–Crippen LogP) is 3.37. The lowest BCUT2D eigenvalue weighted by Gasteiger charge is -2.05. The molecule has 0 aliphatic rings. The normalized spacial score (nSPS) is 11.0. The van der Waals surface area contributed by atoms with E-state index in [9.17, 15) is 0 Å². The number of aryl methyl sites for hydroxylation is 1. The van der Waals surface area contributed by atoms with Crippen molar-refractivity contribution in [2.75, 3.05) is 6.61 Å². The molecule has 3 aromatic rings. The molecule has 0 atom stereocenters. The highest BCUT2D eigenvalue weighted by Crippen LogP contribution is 2.23. The summed E-state index contributed by atoms with van der Waals surface area (Å²) in [5.41, 5.74) is 1.70. The van der Waals surface area contributed by atoms with E-state index in [1.165, 1.54) is 0 Å². The number of oxazole rings is 1. The van der Waals surface area contributed by atoms with Gasteiger partial charge in [0.15, 0.2) is 5.82 Å². The molecule has 0 fully saturated rings. The molecular formula is C17H19N3O2. The van der Waals surface area contributed by atoms with Crippen molar-refractivity contribution in [2.45, 2.75) is 25.8 Å². The Morgan fingerprint density at radius 2 is 1.95 bits per heavy atom. The molecule has 5 nitrogen and oxygen atoms in total. The average molecular weight is 297 g/mol. The SMILES string of the molecule is OCCCCCn1ccnc1-c1coc(-c2ccccc2)n1. The standard InChI is InChI=1S/C17H19N3O2/c21-12-6-2-5-10-20-11-9-18-16(20)15-13-22-17(19-15)14-7-3-1-4-8-14/h1,3-4,7-9,11,13,21H,2,5-6,10,12H2. The molecular weight excluding hydrogens is 278 g/mol. The summed E-state index contributed by atoms with van der Waals surface area (Å²) in [4.78, 5) is 8.92. The van der Waals surface area contributed by atoms with Crippen molar-refractivity contribution in [2.24, 2.45) is 0 Å². The van der Waals surface area contributed by atoms with Gasteiger partial charge in [0.25, 0.3) is 0 Å². The van der Waals surface area contributed by atoms with E-state index < -0.39 is 0 Å². The summed E-state index contributed by atoms with van der Waals surface area (Å²) in [7, 11) is 0. The van der Waals surface area contributed by atoms with Gasteiger partial charge in [0.1, 0.15) is 12.0 Å². The molecule has 5 heteroatoms. The molecule has 1 aromatic carbocycles. The maximum Gasteiger partial charge on any atom is 0.226 e. The largest absolute Gasteiger partial charge is 0.444 e. The van der Waals surface area contributed by atoms with Gasteiger partial charge in [-0.1, -0.05) is 18.2 Å². The Morgan fingerprint density at radius 1 is 1.09 bits per heavy atom. The summed E-state index contributed by atoms with van der Waals surface area (Å²) in [5, 5.41) is 8.83. The van der Waals surface area contributed by atoms with Crippen LogP contribution in [-0.2, 0) is 6.54 Å². The third kappa shape index (κ3) is 3.26. The molecule has 0 aliphatic heterocycles. The van der Waals surface area contributed by atoms with Crippen molar-refractivity contribution >= 4 is 0 Å². The van der Waals surface area contributed by atoms with Gasteiger partial charge in [-0.05, 0) is 31.4 Å². The number of nitrogens with zero attached hydrogens (tertiary/aromatic N) is 3. The lowest BCUT2D eigenvalue weighted by molar-refractivity contribution is 0.282. The second-order valence-electron chi connectivity index (χ2n) is 5.13. The van der Waals surface area contributed by atoms with Gasteiger partial charge in [-0.25, -0.2) is 9.97 Å². The summed E-state index contributed by atoms with van der Waals surface area (Å²) in [6.07, 6.45) is 8.22. The smallest absolute Gasteiger partial charge is 0.226 e. The number of hydrogen-bond donors (Lipinski definition) is 1. The zero-order valence-electron chi connectivity index (χ0n) is 12.4. The van der Waals surface area contributed by atoms with E-state index in [1.54, 1.807) is 12.5 Å². The summed E-state index contributed by atoms with van der Waals surface area (Å²) in [5.74, 6) is 1.42. The Balaban J connectivity index is 1.75. The third-order valence-electron chi connectivity index (χ3n) is 3.53. The first-order valence-electron chi connectivity index (χ1n) is 7.52. The third-order valence-corrected chi connectivity index (χ3v) is 3.53. The van der Waals surface area contributed by atoms with Gasteiger partial charge in [-0.15, -0.1) is 0 Å². The molecule has 0 unspecified atom stereocenters. The Hall–Kier alpha value is -2.40. The minimum Gasteiger partial charge on any atom is -0.444 e. The van der Waals surface area contributed by atoms with Gasteiger partial charge < -0.3 is 14.1 Å². The minimum atomic E-state index is 0.251. The van der Waals surface area contributed by atoms with Crippen LogP contribution < -0.4 is 0 Å². The average Bonchev–Trinajstić information content (AvgIpc) is 3.21. The van der Waals surface area contributed by atoms with Crippen LogP contribution in [0, 0.1) is 0 Å². The first-order valence-corrected chi connectivity index (χ1v) is 7.52. The van der Waals surface area contributed by atoms with E-state index in [2.05, 4.69) is 14.5 Å². The van der Waals surface area contributed by atoms with Crippen LogP contribution in [0.4, 0.5) is 0 Å². The predicted molar refractivity (Wildman–Crippen MR) is 84.1 cm³/mol. The number of benzene rings is 1.